The van der Waals surface area contributed by atoms with Crippen LogP contribution in [0.1, 0.15) is 349 Å². The predicted molar refractivity (Wildman–Crippen MR) is 427 cm³/mol. The molecule has 0 rings (SSSR count). The molecule has 0 saturated heterocycles. The molecule has 0 aliphatic heterocycles. The van der Waals surface area contributed by atoms with E-state index in [-0.39, 0.29) is 25.7 Å². The summed E-state index contributed by atoms with van der Waals surface area (Å²) < 4.78 is 68.6. The van der Waals surface area contributed by atoms with E-state index in [0.29, 0.717) is 32.1 Å². The van der Waals surface area contributed by atoms with Crippen LogP contribution < -0.4 is 0 Å². The second-order valence-electron chi connectivity index (χ2n) is 27.3. The van der Waals surface area contributed by atoms with Crippen LogP contribution in [0.5, 0.6) is 0 Å². The van der Waals surface area contributed by atoms with E-state index in [0.717, 1.165) is 167 Å². The van der Waals surface area contributed by atoms with Crippen molar-refractivity contribution < 1.29 is 80.2 Å². The zero-order valence-corrected chi connectivity index (χ0v) is 67.5. The van der Waals surface area contributed by atoms with E-state index in [1.807, 2.05) is 12.2 Å². The molecule has 17 nitrogen and oxygen atoms in total. The third kappa shape index (κ3) is 75.9. The lowest BCUT2D eigenvalue weighted by atomic mass is 10.1. The van der Waals surface area contributed by atoms with Crippen molar-refractivity contribution in [3.63, 3.8) is 0 Å². The Labute approximate surface area is 632 Å². The van der Waals surface area contributed by atoms with Gasteiger partial charge in [0.05, 0.1) is 26.4 Å². The van der Waals surface area contributed by atoms with E-state index >= 15 is 0 Å². The van der Waals surface area contributed by atoms with Crippen LogP contribution in [-0.2, 0) is 65.4 Å². The van der Waals surface area contributed by atoms with Gasteiger partial charge in [-0.15, -0.1) is 0 Å². The Kier molecular flexibility index (Phi) is 73.7. The zero-order valence-electron chi connectivity index (χ0n) is 65.7. The van der Waals surface area contributed by atoms with Crippen molar-refractivity contribution in [2.45, 2.75) is 367 Å². The van der Waals surface area contributed by atoms with Gasteiger partial charge in [-0.1, -0.05) is 278 Å². The lowest BCUT2D eigenvalue weighted by Gasteiger charge is -2.21. The standard InChI is InChI=1S/C85H148O17P2/c1-5-9-13-17-21-25-29-33-37-39-43-46-50-54-58-62-66-70-83(88)96-76-81(102-85(90)72-68-64-60-56-52-48-44-40-38-34-30-26-22-18-14-10-6-2)78-100-104(93,94)98-74-79(86)73-97-103(91,92)99-77-80(101-84(89)71-67-63-59-55-51-47-42-36-32-28-24-20-16-12-8-4)75-95-82(87)69-65-61-57-53-49-45-41-35-31-27-23-19-15-11-7-3/h21,23-25,27-28,33-38,41-43,46,54,58,79-81,86H,5-20,22,26,29-32,39-40,44-45,47-53,55-57,59-78H2,1-4H3,(H,91,92)(H,93,94). The van der Waals surface area contributed by atoms with E-state index in [9.17, 15) is 43.2 Å². The maximum absolute atomic E-state index is 13.1. The van der Waals surface area contributed by atoms with Gasteiger partial charge >= 0.3 is 39.5 Å². The van der Waals surface area contributed by atoms with Crippen LogP contribution in [0.15, 0.2) is 109 Å². The smallest absolute Gasteiger partial charge is 0.462 e. The summed E-state index contributed by atoms with van der Waals surface area (Å²) in [4.78, 5) is 73.1. The fourth-order valence-corrected chi connectivity index (χ4v) is 12.4. The lowest BCUT2D eigenvalue weighted by Crippen LogP contribution is -2.30. The number of aliphatic hydroxyl groups excluding tert-OH is 1. The Bertz CT molecular complexity index is 2390. The van der Waals surface area contributed by atoms with E-state index in [4.69, 9.17) is 37.0 Å². The summed E-state index contributed by atoms with van der Waals surface area (Å²) in [5.41, 5.74) is 0. The SMILES string of the molecule is CCCCCC=CCC=CCC=CCC=CCCCC(=O)OCC(COP(=O)(O)OCC(O)COP(=O)(O)OCC(COC(=O)CCCCCCCC=CCC=CCCCCC)OC(=O)CCCCCCCC=CCC=CCCCCC)OC(=O)CCCCCCCCCC=CCCCCCCCC. The summed E-state index contributed by atoms with van der Waals surface area (Å²) in [5.74, 6) is -2.26. The number of esters is 4. The van der Waals surface area contributed by atoms with Gasteiger partial charge in [0.25, 0.3) is 0 Å². The van der Waals surface area contributed by atoms with Crippen molar-refractivity contribution >= 4 is 39.5 Å². The first-order valence-electron chi connectivity index (χ1n) is 41.1. The van der Waals surface area contributed by atoms with E-state index in [1.54, 1.807) is 0 Å². The highest BCUT2D eigenvalue weighted by atomic mass is 31.2. The molecule has 5 unspecified atom stereocenters. The summed E-state index contributed by atoms with van der Waals surface area (Å²) in [6.45, 7) is 4.73. The van der Waals surface area contributed by atoms with E-state index in [2.05, 4.69) is 125 Å². The molecule has 0 aliphatic carbocycles. The maximum Gasteiger partial charge on any atom is 0.472 e. The molecular formula is C85H148O17P2. The van der Waals surface area contributed by atoms with Gasteiger partial charge in [0.2, 0.25) is 0 Å². The van der Waals surface area contributed by atoms with Gasteiger partial charge in [0.15, 0.2) is 12.2 Å². The quantitative estimate of drug-likeness (QED) is 0.0169. The summed E-state index contributed by atoms with van der Waals surface area (Å²) >= 11 is 0. The van der Waals surface area contributed by atoms with Crippen LogP contribution in [0, 0.1) is 0 Å². The summed E-state index contributed by atoms with van der Waals surface area (Å²) in [6.07, 6.45) is 83.5. The molecule has 3 N–H and O–H groups in total. The number of ether oxygens (including phenoxy) is 4. The van der Waals surface area contributed by atoms with Gasteiger partial charge < -0.3 is 33.8 Å². The number of allylic oxidation sites excluding steroid dienone is 18. The molecule has 0 saturated carbocycles. The predicted octanol–water partition coefficient (Wildman–Crippen LogP) is 24.1. The van der Waals surface area contributed by atoms with Crippen molar-refractivity contribution in [1.29, 1.82) is 0 Å². The minimum absolute atomic E-state index is 0.0741. The maximum atomic E-state index is 13.1. The average Bonchev–Trinajstić information content (AvgIpc) is 0.926. The molecular weight excluding hydrogens is 1350 g/mol. The number of aliphatic hydroxyl groups is 1. The third-order valence-electron chi connectivity index (χ3n) is 17.2. The molecule has 0 spiro atoms. The van der Waals surface area contributed by atoms with Gasteiger partial charge in [0, 0.05) is 25.7 Å². The highest BCUT2D eigenvalue weighted by Gasteiger charge is 2.30. The molecule has 0 fully saturated rings. The number of phosphoric acid groups is 2. The van der Waals surface area contributed by atoms with Gasteiger partial charge in [-0.2, -0.15) is 0 Å². The Balaban J connectivity index is 5.43. The molecule has 0 amide bonds. The van der Waals surface area contributed by atoms with Crippen LogP contribution in [0.4, 0.5) is 0 Å². The number of hydrogen-bond donors (Lipinski definition) is 3. The lowest BCUT2D eigenvalue weighted by molar-refractivity contribution is -0.161. The van der Waals surface area contributed by atoms with Gasteiger partial charge in [0.1, 0.15) is 19.3 Å². The fraction of sp³-hybridized carbons (Fsp3) is 0.741. The second kappa shape index (κ2) is 76.9. The third-order valence-corrected chi connectivity index (χ3v) is 19.1. The molecule has 0 heterocycles. The Morgan fingerprint density at radius 3 is 0.788 bits per heavy atom. The number of phosphoric ester groups is 2. The van der Waals surface area contributed by atoms with Crippen molar-refractivity contribution in [2.24, 2.45) is 0 Å². The summed E-state index contributed by atoms with van der Waals surface area (Å²) in [7, 11) is -9.98. The monoisotopic (exact) mass is 1500 g/mol. The van der Waals surface area contributed by atoms with Crippen molar-refractivity contribution in [1.82, 2.24) is 0 Å². The minimum atomic E-state index is -4.99. The Morgan fingerprint density at radius 2 is 0.481 bits per heavy atom. The number of rotatable bonds is 77. The Hall–Kier alpha value is -4.28. The molecule has 5 atom stereocenters. The second-order valence-corrected chi connectivity index (χ2v) is 30.3. The van der Waals surface area contributed by atoms with Gasteiger partial charge in [-0.05, 0) is 154 Å². The zero-order chi connectivity index (χ0) is 76.0. The van der Waals surface area contributed by atoms with Crippen LogP contribution in [0.3, 0.4) is 0 Å². The normalized spacial score (nSPS) is 14.4. The fourth-order valence-electron chi connectivity index (χ4n) is 10.9. The highest BCUT2D eigenvalue weighted by Crippen LogP contribution is 2.45. The van der Waals surface area contributed by atoms with Crippen LogP contribution >= 0.6 is 15.6 Å². The van der Waals surface area contributed by atoms with Crippen LogP contribution in [0.25, 0.3) is 0 Å². The van der Waals surface area contributed by atoms with E-state index < -0.39 is 97.5 Å². The molecule has 104 heavy (non-hydrogen) atoms. The number of carbonyl (C=O) groups is 4. The molecule has 0 bridgehead atoms. The molecule has 19 heteroatoms. The van der Waals surface area contributed by atoms with Gasteiger partial charge in [-0.3, -0.25) is 37.3 Å². The van der Waals surface area contributed by atoms with Crippen molar-refractivity contribution in [2.75, 3.05) is 39.6 Å². The number of carbonyl (C=O) groups excluding carboxylic acids is 4. The van der Waals surface area contributed by atoms with Crippen LogP contribution in [0.2, 0.25) is 0 Å². The molecule has 0 aliphatic rings. The highest BCUT2D eigenvalue weighted by molar-refractivity contribution is 7.47. The van der Waals surface area contributed by atoms with E-state index in [1.165, 1.54) is 96.3 Å². The summed E-state index contributed by atoms with van der Waals surface area (Å²) in [6, 6.07) is 0. The largest absolute Gasteiger partial charge is 0.472 e. The van der Waals surface area contributed by atoms with Crippen molar-refractivity contribution in [3.05, 3.63) is 109 Å². The molecule has 600 valence electrons. The topological polar surface area (TPSA) is 237 Å². The first-order chi connectivity index (χ1) is 50.7. The first kappa shape index (κ1) is 99.7. The molecule has 0 aromatic heterocycles. The van der Waals surface area contributed by atoms with Gasteiger partial charge in [-0.25, -0.2) is 9.13 Å². The molecule has 0 aromatic rings. The Morgan fingerprint density at radius 1 is 0.269 bits per heavy atom. The number of unbranched alkanes of at least 4 members (excludes halogenated alkanes) is 33. The minimum Gasteiger partial charge on any atom is -0.462 e. The number of hydrogen-bond acceptors (Lipinski definition) is 15. The first-order valence-corrected chi connectivity index (χ1v) is 44.1. The van der Waals surface area contributed by atoms with Crippen LogP contribution in [-0.4, -0.2) is 96.7 Å². The average molecular weight is 1500 g/mol. The molecule has 0 radical (unpaired) electrons. The summed E-state index contributed by atoms with van der Waals surface area (Å²) in [5, 5.41) is 10.6. The molecule has 0 aromatic carbocycles. The van der Waals surface area contributed by atoms with Crippen molar-refractivity contribution in [3.8, 4) is 0 Å².